The normalized spacial score (nSPS) is 8.00. The zero-order valence-electron chi connectivity index (χ0n) is 5.27. The van der Waals surface area contributed by atoms with Crippen LogP contribution in [0.3, 0.4) is 0 Å². The zero-order chi connectivity index (χ0) is 8.43. The van der Waals surface area contributed by atoms with E-state index in [1.807, 2.05) is 0 Å². The molecule has 2 N–H and O–H groups in total. The summed E-state index contributed by atoms with van der Waals surface area (Å²) in [5, 5.41) is 16.8. The molecule has 0 saturated heterocycles. The maximum atomic E-state index is 10.3. The van der Waals surface area contributed by atoms with Crippen LogP contribution in [0.1, 0.15) is 20.7 Å². The summed E-state index contributed by atoms with van der Waals surface area (Å²) in [6, 6.07) is 0. The van der Waals surface area contributed by atoms with Gasteiger partial charge in [0.25, 0.3) is 0 Å². The molecule has 5 nitrogen and oxygen atoms in total. The fraction of sp³-hybridized carbons (Fsp3) is 0. The van der Waals surface area contributed by atoms with Crippen LogP contribution < -0.4 is 0 Å². The first kappa shape index (κ1) is 16.9. The second-order valence-corrected chi connectivity index (χ2v) is 1.81. The van der Waals surface area contributed by atoms with Crippen molar-refractivity contribution in [3.05, 3.63) is 23.7 Å². The van der Waals surface area contributed by atoms with Crippen LogP contribution >= 0.6 is 0 Å². The molecule has 0 aliphatic rings. The summed E-state index contributed by atoms with van der Waals surface area (Å²) in [6.07, 6.45) is 1.76. The topological polar surface area (TPSA) is 87.7 Å². The van der Waals surface area contributed by atoms with Gasteiger partial charge in [-0.25, -0.2) is 9.59 Å². The van der Waals surface area contributed by atoms with Crippen molar-refractivity contribution in [2.75, 3.05) is 0 Å². The van der Waals surface area contributed by atoms with Crippen molar-refractivity contribution in [1.82, 2.24) is 0 Å². The summed E-state index contributed by atoms with van der Waals surface area (Å²) in [7, 11) is 0. The Kier molecular flexibility index (Phi) is 10.1. The number of carboxylic acids is 2. The molecule has 0 saturated carbocycles. The molecule has 0 aliphatic carbocycles. The van der Waals surface area contributed by atoms with Crippen molar-refractivity contribution in [1.29, 1.82) is 0 Å². The summed E-state index contributed by atoms with van der Waals surface area (Å²) in [5.74, 6) is -2.62. The molecule has 1 heterocycles. The standard InChI is InChI=1S/C6H4O5.2K.2H/c7-5(8)3-1-11-2-4(3)6(9)10;;;;/h1-2H,(H,7,8)(H,9,10);;;;. The summed E-state index contributed by atoms with van der Waals surface area (Å²) in [4.78, 5) is 20.5. The second kappa shape index (κ2) is 7.74. The van der Waals surface area contributed by atoms with E-state index in [2.05, 4.69) is 4.42 Å². The summed E-state index contributed by atoms with van der Waals surface area (Å²) >= 11 is 0. The van der Waals surface area contributed by atoms with Gasteiger partial charge in [0.1, 0.15) is 23.7 Å². The molecule has 7 heteroatoms. The van der Waals surface area contributed by atoms with E-state index in [0.29, 0.717) is 0 Å². The molecule has 0 aliphatic heterocycles. The first-order chi connectivity index (χ1) is 5.13. The number of carboxylic acid groups (broad SMARTS) is 2. The Bertz CT molecular complexity index is 277. The van der Waals surface area contributed by atoms with E-state index in [1.54, 1.807) is 0 Å². The van der Waals surface area contributed by atoms with Gasteiger partial charge in [0, 0.05) is 0 Å². The molecular formula is C6H6K2O5. The van der Waals surface area contributed by atoms with Crippen molar-refractivity contribution in [2.24, 2.45) is 0 Å². The van der Waals surface area contributed by atoms with E-state index >= 15 is 0 Å². The molecule has 0 spiro atoms. The average Bonchev–Trinajstić information content (AvgIpc) is 2.32. The Morgan fingerprint density at radius 3 is 1.54 bits per heavy atom. The van der Waals surface area contributed by atoms with E-state index in [9.17, 15) is 9.59 Å². The molecule has 1 aromatic rings. The molecule has 0 fully saturated rings. The van der Waals surface area contributed by atoms with Crippen LogP contribution in [-0.4, -0.2) is 125 Å². The second-order valence-electron chi connectivity index (χ2n) is 1.81. The quantitative estimate of drug-likeness (QED) is 0.668. The number of rotatable bonds is 2. The Balaban J connectivity index is 0. The van der Waals surface area contributed by atoms with E-state index in [1.165, 1.54) is 0 Å². The van der Waals surface area contributed by atoms with Gasteiger partial charge in [-0.15, -0.1) is 0 Å². The number of aromatic carboxylic acids is 2. The van der Waals surface area contributed by atoms with Crippen LogP contribution in [0, 0.1) is 0 Å². The fourth-order valence-corrected chi connectivity index (χ4v) is 0.628. The molecule has 0 unspecified atom stereocenters. The summed E-state index contributed by atoms with van der Waals surface area (Å²) in [5.41, 5.74) is -0.671. The summed E-state index contributed by atoms with van der Waals surface area (Å²) < 4.78 is 4.41. The van der Waals surface area contributed by atoms with Gasteiger partial charge >= 0.3 is 115 Å². The van der Waals surface area contributed by atoms with Gasteiger partial charge < -0.3 is 14.6 Å². The van der Waals surface area contributed by atoms with Gasteiger partial charge in [-0.2, -0.15) is 0 Å². The molecular weight excluding hydrogens is 230 g/mol. The van der Waals surface area contributed by atoms with Gasteiger partial charge in [-0.05, 0) is 0 Å². The van der Waals surface area contributed by atoms with Gasteiger partial charge in [0.05, 0.1) is 0 Å². The van der Waals surface area contributed by atoms with E-state index in [-0.39, 0.29) is 114 Å². The average molecular weight is 236 g/mol. The first-order valence-corrected chi connectivity index (χ1v) is 2.65. The molecule has 1 aromatic heterocycles. The molecule has 0 atom stereocenters. The molecule has 62 valence electrons. The van der Waals surface area contributed by atoms with Crippen LogP contribution in [0.2, 0.25) is 0 Å². The Hall–Kier alpha value is 1.49. The van der Waals surface area contributed by atoms with Crippen LogP contribution in [0.5, 0.6) is 0 Å². The maximum absolute atomic E-state index is 10.3. The fourth-order valence-electron chi connectivity index (χ4n) is 0.628. The van der Waals surface area contributed by atoms with Crippen LogP contribution in [0.4, 0.5) is 0 Å². The van der Waals surface area contributed by atoms with E-state index < -0.39 is 11.9 Å². The molecule has 1 rings (SSSR count). The van der Waals surface area contributed by atoms with Crippen LogP contribution in [-0.2, 0) is 0 Å². The monoisotopic (exact) mass is 236 g/mol. The zero-order valence-corrected chi connectivity index (χ0v) is 5.27. The van der Waals surface area contributed by atoms with Crippen molar-refractivity contribution < 1.29 is 24.2 Å². The third kappa shape index (κ3) is 4.69. The Morgan fingerprint density at radius 1 is 1.00 bits per heavy atom. The van der Waals surface area contributed by atoms with Gasteiger partial charge in [-0.1, -0.05) is 0 Å². The number of carbonyl (C=O) groups is 2. The van der Waals surface area contributed by atoms with E-state index in [4.69, 9.17) is 10.2 Å². The number of furan rings is 1. The number of hydrogen-bond acceptors (Lipinski definition) is 3. The molecule has 0 amide bonds. The van der Waals surface area contributed by atoms with Crippen molar-refractivity contribution in [2.45, 2.75) is 0 Å². The van der Waals surface area contributed by atoms with Crippen molar-refractivity contribution >= 4 is 115 Å². The Morgan fingerprint density at radius 2 is 1.31 bits per heavy atom. The third-order valence-corrected chi connectivity index (χ3v) is 1.12. The molecule has 0 bridgehead atoms. The predicted octanol–water partition coefficient (Wildman–Crippen LogP) is -0.621. The van der Waals surface area contributed by atoms with Crippen LogP contribution in [0.15, 0.2) is 16.9 Å². The van der Waals surface area contributed by atoms with Gasteiger partial charge in [-0.3, -0.25) is 0 Å². The van der Waals surface area contributed by atoms with Gasteiger partial charge in [0.2, 0.25) is 0 Å². The minimum absolute atomic E-state index is 0. The molecule has 0 aromatic carbocycles. The first-order valence-electron chi connectivity index (χ1n) is 2.65. The van der Waals surface area contributed by atoms with Crippen molar-refractivity contribution in [3.8, 4) is 0 Å². The minimum atomic E-state index is -1.31. The molecule has 13 heavy (non-hydrogen) atoms. The third-order valence-electron chi connectivity index (χ3n) is 1.12. The summed E-state index contributed by atoms with van der Waals surface area (Å²) in [6.45, 7) is 0. The number of hydrogen-bond donors (Lipinski definition) is 2. The predicted molar refractivity (Wildman–Crippen MR) is 46.9 cm³/mol. The SMILES string of the molecule is O=C(O)c1cocc1C(=O)O.[KH].[KH]. The van der Waals surface area contributed by atoms with E-state index in [0.717, 1.165) is 12.5 Å². The van der Waals surface area contributed by atoms with Crippen molar-refractivity contribution in [3.63, 3.8) is 0 Å². The van der Waals surface area contributed by atoms with Gasteiger partial charge in [0.15, 0.2) is 0 Å². The molecule has 0 radical (unpaired) electrons. The Labute approximate surface area is 159 Å². The van der Waals surface area contributed by atoms with Crippen LogP contribution in [0.25, 0.3) is 0 Å².